The maximum atomic E-state index is 11.5. The lowest BCUT2D eigenvalue weighted by atomic mass is 9.88. The van der Waals surface area contributed by atoms with Crippen LogP contribution in [0.4, 0.5) is 0 Å². The van der Waals surface area contributed by atoms with Crippen molar-refractivity contribution in [2.24, 2.45) is 18.9 Å². The fourth-order valence-electron chi connectivity index (χ4n) is 2.32. The molecule has 1 fully saturated rings. The van der Waals surface area contributed by atoms with Crippen LogP contribution in [0.2, 0.25) is 0 Å². The molecule has 0 bridgehead atoms. The van der Waals surface area contributed by atoms with E-state index in [-0.39, 0.29) is 11.9 Å². The zero-order valence-corrected chi connectivity index (χ0v) is 9.85. The molecule has 1 aromatic rings. The van der Waals surface area contributed by atoms with E-state index < -0.39 is 0 Å². The Morgan fingerprint density at radius 2 is 2.44 bits per heavy atom. The van der Waals surface area contributed by atoms with Gasteiger partial charge in [-0.2, -0.15) is 0 Å². The summed E-state index contributed by atoms with van der Waals surface area (Å²) in [6.07, 6.45) is 6.50. The van der Waals surface area contributed by atoms with Gasteiger partial charge in [0.25, 0.3) is 0 Å². The molecule has 0 aromatic carbocycles. The van der Waals surface area contributed by atoms with Crippen LogP contribution in [0, 0.1) is 11.8 Å². The van der Waals surface area contributed by atoms with Gasteiger partial charge in [-0.05, 0) is 12.8 Å². The predicted octanol–water partition coefficient (Wildman–Crippen LogP) is 1.55. The molecule has 1 aliphatic rings. The Morgan fingerprint density at radius 3 is 3.06 bits per heavy atom. The molecule has 4 heteroatoms. The SMILES string of the molecule is CCCC1C(=O)OCC1Cc1cncn1C. The molecule has 2 heterocycles. The van der Waals surface area contributed by atoms with E-state index in [2.05, 4.69) is 11.9 Å². The number of aryl methyl sites for hydroxylation is 1. The molecule has 0 radical (unpaired) electrons. The molecule has 88 valence electrons. The van der Waals surface area contributed by atoms with Gasteiger partial charge in [-0.15, -0.1) is 0 Å². The van der Waals surface area contributed by atoms with Gasteiger partial charge in [0.1, 0.15) is 0 Å². The molecule has 0 amide bonds. The van der Waals surface area contributed by atoms with Gasteiger partial charge in [-0.1, -0.05) is 13.3 Å². The van der Waals surface area contributed by atoms with E-state index >= 15 is 0 Å². The van der Waals surface area contributed by atoms with E-state index in [0.717, 1.165) is 19.3 Å². The van der Waals surface area contributed by atoms with Gasteiger partial charge in [-0.25, -0.2) is 4.98 Å². The molecule has 1 saturated heterocycles. The highest BCUT2D eigenvalue weighted by Crippen LogP contribution is 2.29. The van der Waals surface area contributed by atoms with Crippen LogP contribution in [0.25, 0.3) is 0 Å². The molecule has 0 N–H and O–H groups in total. The Bertz CT molecular complexity index is 373. The smallest absolute Gasteiger partial charge is 0.309 e. The van der Waals surface area contributed by atoms with Crippen LogP contribution < -0.4 is 0 Å². The maximum absolute atomic E-state index is 11.5. The minimum Gasteiger partial charge on any atom is -0.465 e. The van der Waals surface area contributed by atoms with Gasteiger partial charge in [0.15, 0.2) is 0 Å². The number of hydrogen-bond acceptors (Lipinski definition) is 3. The van der Waals surface area contributed by atoms with Crippen LogP contribution >= 0.6 is 0 Å². The number of cyclic esters (lactones) is 1. The number of aromatic nitrogens is 2. The second-order valence-electron chi connectivity index (χ2n) is 4.49. The second kappa shape index (κ2) is 4.68. The van der Waals surface area contributed by atoms with Crippen LogP contribution in [0.15, 0.2) is 12.5 Å². The fraction of sp³-hybridized carbons (Fsp3) is 0.667. The van der Waals surface area contributed by atoms with Crippen LogP contribution in [0.5, 0.6) is 0 Å². The average Bonchev–Trinajstić information content (AvgIpc) is 2.80. The van der Waals surface area contributed by atoms with Crippen molar-refractivity contribution in [3.63, 3.8) is 0 Å². The van der Waals surface area contributed by atoms with E-state index in [4.69, 9.17) is 4.74 Å². The number of ether oxygens (including phenoxy) is 1. The van der Waals surface area contributed by atoms with Crippen molar-refractivity contribution >= 4 is 5.97 Å². The molecule has 2 atom stereocenters. The van der Waals surface area contributed by atoms with Crippen molar-refractivity contribution in [2.45, 2.75) is 26.2 Å². The summed E-state index contributed by atoms with van der Waals surface area (Å²) in [6, 6.07) is 0. The van der Waals surface area contributed by atoms with Gasteiger partial charge >= 0.3 is 5.97 Å². The number of hydrogen-bond donors (Lipinski definition) is 0. The third-order valence-electron chi connectivity index (χ3n) is 3.30. The van der Waals surface area contributed by atoms with Crippen molar-refractivity contribution < 1.29 is 9.53 Å². The summed E-state index contributed by atoms with van der Waals surface area (Å²) >= 11 is 0. The summed E-state index contributed by atoms with van der Waals surface area (Å²) in [5, 5.41) is 0. The number of nitrogens with zero attached hydrogens (tertiary/aromatic N) is 2. The average molecular weight is 222 g/mol. The Labute approximate surface area is 95.6 Å². The lowest BCUT2D eigenvalue weighted by Crippen LogP contribution is -2.18. The summed E-state index contributed by atoms with van der Waals surface area (Å²) in [5.74, 6) is 0.386. The van der Waals surface area contributed by atoms with Crippen LogP contribution in [0.3, 0.4) is 0 Å². The molecule has 16 heavy (non-hydrogen) atoms. The van der Waals surface area contributed by atoms with Gasteiger partial charge in [0, 0.05) is 24.9 Å². The molecule has 2 rings (SSSR count). The normalized spacial score (nSPS) is 24.8. The highest BCUT2D eigenvalue weighted by molar-refractivity contribution is 5.74. The number of carbonyl (C=O) groups is 1. The Morgan fingerprint density at radius 1 is 1.62 bits per heavy atom. The van der Waals surface area contributed by atoms with E-state index in [1.54, 1.807) is 6.33 Å². The summed E-state index contributed by atoms with van der Waals surface area (Å²) in [5.41, 5.74) is 1.17. The third-order valence-corrected chi connectivity index (χ3v) is 3.30. The van der Waals surface area contributed by atoms with E-state index in [0.29, 0.717) is 12.5 Å². The monoisotopic (exact) mass is 222 g/mol. The highest BCUT2D eigenvalue weighted by atomic mass is 16.5. The van der Waals surface area contributed by atoms with Gasteiger partial charge in [-0.3, -0.25) is 4.79 Å². The van der Waals surface area contributed by atoms with E-state index in [9.17, 15) is 4.79 Å². The van der Waals surface area contributed by atoms with E-state index in [1.165, 1.54) is 5.69 Å². The third kappa shape index (κ3) is 2.10. The number of carbonyl (C=O) groups excluding carboxylic acids is 1. The van der Waals surface area contributed by atoms with Crippen molar-refractivity contribution in [3.05, 3.63) is 18.2 Å². The molecule has 4 nitrogen and oxygen atoms in total. The quantitative estimate of drug-likeness (QED) is 0.726. The maximum Gasteiger partial charge on any atom is 0.309 e. The lowest BCUT2D eigenvalue weighted by molar-refractivity contribution is -0.141. The fourth-order valence-corrected chi connectivity index (χ4v) is 2.32. The molecular weight excluding hydrogens is 204 g/mol. The summed E-state index contributed by atoms with van der Waals surface area (Å²) in [6.45, 7) is 2.67. The van der Waals surface area contributed by atoms with Crippen molar-refractivity contribution in [3.8, 4) is 0 Å². The Balaban J connectivity index is 2.04. The molecule has 0 aliphatic carbocycles. The molecule has 0 saturated carbocycles. The van der Waals surface area contributed by atoms with Gasteiger partial charge < -0.3 is 9.30 Å². The van der Waals surface area contributed by atoms with Gasteiger partial charge in [0.05, 0.1) is 18.9 Å². The first kappa shape index (κ1) is 11.2. The van der Waals surface area contributed by atoms with E-state index in [1.807, 2.05) is 17.8 Å². The van der Waals surface area contributed by atoms with Crippen LogP contribution in [-0.2, 0) is 23.0 Å². The zero-order chi connectivity index (χ0) is 11.5. The minimum atomic E-state index is -0.0194. The van der Waals surface area contributed by atoms with Crippen LogP contribution in [-0.4, -0.2) is 22.1 Å². The lowest BCUT2D eigenvalue weighted by Gasteiger charge is -2.14. The summed E-state index contributed by atoms with van der Waals surface area (Å²) in [4.78, 5) is 15.6. The molecule has 2 unspecified atom stereocenters. The predicted molar refractivity (Wildman–Crippen MR) is 59.8 cm³/mol. The summed E-state index contributed by atoms with van der Waals surface area (Å²) < 4.78 is 7.16. The zero-order valence-electron chi connectivity index (χ0n) is 9.85. The molecular formula is C12H18N2O2. The first-order valence-electron chi connectivity index (χ1n) is 5.84. The highest BCUT2D eigenvalue weighted by Gasteiger charge is 2.36. The van der Waals surface area contributed by atoms with Gasteiger partial charge in [0.2, 0.25) is 0 Å². The van der Waals surface area contributed by atoms with Crippen molar-refractivity contribution in [1.29, 1.82) is 0 Å². The number of imidazole rings is 1. The van der Waals surface area contributed by atoms with Crippen molar-refractivity contribution in [2.75, 3.05) is 6.61 Å². The summed E-state index contributed by atoms with van der Waals surface area (Å²) in [7, 11) is 1.98. The van der Waals surface area contributed by atoms with Crippen molar-refractivity contribution in [1.82, 2.24) is 9.55 Å². The van der Waals surface area contributed by atoms with Crippen LogP contribution in [0.1, 0.15) is 25.5 Å². The second-order valence-corrected chi connectivity index (χ2v) is 4.49. The number of rotatable bonds is 4. The minimum absolute atomic E-state index is 0.0194. The standard InChI is InChI=1S/C12H18N2O2/c1-3-4-11-9(7-16-12(11)15)5-10-6-13-8-14(10)2/h6,8-9,11H,3-5,7H2,1-2H3. The molecule has 1 aliphatic heterocycles. The number of esters is 1. The first-order valence-corrected chi connectivity index (χ1v) is 5.84. The topological polar surface area (TPSA) is 44.1 Å². The molecule has 1 aromatic heterocycles. The Hall–Kier alpha value is -1.32. The first-order chi connectivity index (χ1) is 7.72. The Kier molecular flexibility index (Phi) is 3.27. The largest absolute Gasteiger partial charge is 0.465 e. The molecule has 0 spiro atoms.